The van der Waals surface area contributed by atoms with Crippen molar-refractivity contribution in [2.24, 2.45) is 0 Å². The zero-order valence-electron chi connectivity index (χ0n) is 6.34. The van der Waals surface area contributed by atoms with Crippen LogP contribution in [0.4, 0.5) is 5.69 Å². The molecule has 11 heavy (non-hydrogen) atoms. The number of ether oxygens (including phenoxy) is 1. The molecule has 2 rings (SSSR count). The molecule has 0 radical (unpaired) electrons. The molecule has 58 valence electrons. The molecule has 0 saturated heterocycles. The van der Waals surface area contributed by atoms with Gasteiger partial charge in [0.2, 0.25) is 0 Å². The molecule has 0 spiro atoms. The average molecular weight is 149 g/mol. The molecule has 1 aliphatic rings. The lowest BCUT2D eigenvalue weighted by molar-refractivity contribution is 0.288. The Hall–Kier alpha value is -1.18. The van der Waals surface area contributed by atoms with Gasteiger partial charge in [0.1, 0.15) is 5.75 Å². The zero-order valence-corrected chi connectivity index (χ0v) is 6.34. The van der Waals surface area contributed by atoms with Gasteiger partial charge in [-0.2, -0.15) is 0 Å². The fourth-order valence-electron chi connectivity index (χ4n) is 1.36. The number of fused-ring (bicyclic) bond motifs is 1. The van der Waals surface area contributed by atoms with Crippen LogP contribution in [0.1, 0.15) is 12.0 Å². The molecule has 0 unspecified atom stereocenters. The summed E-state index contributed by atoms with van der Waals surface area (Å²) in [5.74, 6) is 0.969. The van der Waals surface area contributed by atoms with Crippen LogP contribution in [0, 0.1) is 0 Å². The third-order valence-corrected chi connectivity index (χ3v) is 1.94. The van der Waals surface area contributed by atoms with Gasteiger partial charge in [-0.05, 0) is 24.5 Å². The Balaban J connectivity index is 2.43. The van der Waals surface area contributed by atoms with E-state index in [1.165, 1.54) is 5.56 Å². The van der Waals surface area contributed by atoms with Crippen molar-refractivity contribution in [3.63, 3.8) is 0 Å². The van der Waals surface area contributed by atoms with Gasteiger partial charge in [-0.3, -0.25) is 0 Å². The van der Waals surface area contributed by atoms with Crippen molar-refractivity contribution in [1.29, 1.82) is 0 Å². The maximum Gasteiger partial charge on any atom is 0.124 e. The number of nitrogens with two attached hydrogens (primary N) is 1. The van der Waals surface area contributed by atoms with E-state index < -0.39 is 0 Å². The van der Waals surface area contributed by atoms with Crippen LogP contribution in [-0.4, -0.2) is 6.61 Å². The van der Waals surface area contributed by atoms with Crippen LogP contribution in [0.3, 0.4) is 0 Å². The summed E-state index contributed by atoms with van der Waals surface area (Å²) in [5, 5.41) is 0. The molecule has 1 aliphatic heterocycles. The second kappa shape index (κ2) is 2.46. The van der Waals surface area contributed by atoms with Crippen molar-refractivity contribution in [2.45, 2.75) is 12.8 Å². The van der Waals surface area contributed by atoms with Crippen LogP contribution in [0.15, 0.2) is 18.2 Å². The van der Waals surface area contributed by atoms with E-state index in [0.29, 0.717) is 0 Å². The van der Waals surface area contributed by atoms with Crippen molar-refractivity contribution in [3.8, 4) is 5.75 Å². The van der Waals surface area contributed by atoms with E-state index >= 15 is 0 Å². The normalized spacial score (nSPS) is 15.3. The van der Waals surface area contributed by atoms with Gasteiger partial charge in [-0.15, -0.1) is 0 Å². The van der Waals surface area contributed by atoms with Crippen molar-refractivity contribution in [1.82, 2.24) is 0 Å². The van der Waals surface area contributed by atoms with Crippen LogP contribution in [0.25, 0.3) is 0 Å². The molecule has 0 amide bonds. The number of nitrogen functional groups attached to an aromatic ring is 1. The van der Waals surface area contributed by atoms with Crippen molar-refractivity contribution in [2.75, 3.05) is 12.3 Å². The van der Waals surface area contributed by atoms with E-state index in [1.54, 1.807) is 0 Å². The van der Waals surface area contributed by atoms with Gasteiger partial charge in [0.15, 0.2) is 0 Å². The molecule has 1 aromatic carbocycles. The number of anilines is 1. The van der Waals surface area contributed by atoms with Crippen molar-refractivity contribution in [3.05, 3.63) is 23.8 Å². The fourth-order valence-corrected chi connectivity index (χ4v) is 1.36. The molecule has 0 fully saturated rings. The van der Waals surface area contributed by atoms with Gasteiger partial charge in [-0.1, -0.05) is 6.07 Å². The predicted molar refractivity (Wildman–Crippen MR) is 44.7 cm³/mol. The third kappa shape index (κ3) is 1.16. The highest BCUT2D eigenvalue weighted by atomic mass is 16.5. The number of hydrogen-bond donors (Lipinski definition) is 1. The highest BCUT2D eigenvalue weighted by Crippen LogP contribution is 2.26. The molecule has 0 atom stereocenters. The summed E-state index contributed by atoms with van der Waals surface area (Å²) in [6, 6.07) is 5.87. The molecule has 0 aliphatic carbocycles. The van der Waals surface area contributed by atoms with Crippen LogP contribution >= 0.6 is 0 Å². The van der Waals surface area contributed by atoms with Gasteiger partial charge < -0.3 is 10.5 Å². The Morgan fingerprint density at radius 1 is 1.36 bits per heavy atom. The third-order valence-electron chi connectivity index (χ3n) is 1.94. The fraction of sp³-hybridized carbons (Fsp3) is 0.333. The summed E-state index contributed by atoms with van der Waals surface area (Å²) in [7, 11) is 0. The molecule has 2 N–H and O–H groups in total. The molecule has 1 heterocycles. The molecule has 0 bridgehead atoms. The molecular weight excluding hydrogens is 138 g/mol. The molecule has 2 nitrogen and oxygen atoms in total. The minimum atomic E-state index is 0.783. The van der Waals surface area contributed by atoms with Crippen LogP contribution < -0.4 is 10.5 Å². The molecule has 0 saturated carbocycles. The van der Waals surface area contributed by atoms with Gasteiger partial charge in [-0.25, -0.2) is 0 Å². The lowest BCUT2D eigenvalue weighted by Gasteiger charge is -2.16. The van der Waals surface area contributed by atoms with Gasteiger partial charge in [0.05, 0.1) is 6.61 Å². The number of rotatable bonds is 0. The summed E-state index contributed by atoms with van der Waals surface area (Å²) in [4.78, 5) is 0. The first-order chi connectivity index (χ1) is 5.36. The molecular formula is C9H11NO. The van der Waals surface area contributed by atoms with E-state index in [0.717, 1.165) is 30.9 Å². The Kier molecular flexibility index (Phi) is 1.46. The predicted octanol–water partition coefficient (Wildman–Crippen LogP) is 1.59. The first kappa shape index (κ1) is 6.53. The average Bonchev–Trinajstić information content (AvgIpc) is 2.04. The summed E-state index contributed by atoms with van der Waals surface area (Å²) in [6.45, 7) is 0.830. The number of aryl methyl sites for hydroxylation is 1. The minimum absolute atomic E-state index is 0.783. The summed E-state index contributed by atoms with van der Waals surface area (Å²) in [6.07, 6.45) is 2.24. The van der Waals surface area contributed by atoms with E-state index in [9.17, 15) is 0 Å². The summed E-state index contributed by atoms with van der Waals surface area (Å²) >= 11 is 0. The molecule has 1 aromatic rings. The van der Waals surface area contributed by atoms with Crippen LogP contribution in [-0.2, 0) is 6.42 Å². The Bertz CT molecular complexity index is 270. The summed E-state index contributed by atoms with van der Waals surface area (Å²) < 4.78 is 5.42. The molecule has 2 heteroatoms. The van der Waals surface area contributed by atoms with E-state index in [-0.39, 0.29) is 0 Å². The largest absolute Gasteiger partial charge is 0.493 e. The standard InChI is InChI=1S/C9H11NO/c10-8-4-3-7-2-1-5-11-9(7)6-8/h3-4,6H,1-2,5,10H2. The topological polar surface area (TPSA) is 35.2 Å². The minimum Gasteiger partial charge on any atom is -0.493 e. The highest BCUT2D eigenvalue weighted by Gasteiger charge is 2.08. The Morgan fingerprint density at radius 2 is 2.27 bits per heavy atom. The quantitative estimate of drug-likeness (QED) is 0.568. The lowest BCUT2D eigenvalue weighted by atomic mass is 10.1. The number of hydrogen-bond acceptors (Lipinski definition) is 2. The smallest absolute Gasteiger partial charge is 0.124 e. The van der Waals surface area contributed by atoms with Crippen LogP contribution in [0.5, 0.6) is 5.75 Å². The second-order valence-electron chi connectivity index (χ2n) is 2.82. The number of benzene rings is 1. The van der Waals surface area contributed by atoms with E-state index in [4.69, 9.17) is 10.5 Å². The lowest BCUT2D eigenvalue weighted by Crippen LogP contribution is -2.08. The van der Waals surface area contributed by atoms with E-state index in [2.05, 4.69) is 0 Å². The van der Waals surface area contributed by atoms with E-state index in [1.807, 2.05) is 18.2 Å². The van der Waals surface area contributed by atoms with Crippen molar-refractivity contribution >= 4 is 5.69 Å². The zero-order chi connectivity index (χ0) is 7.68. The van der Waals surface area contributed by atoms with Crippen LogP contribution in [0.2, 0.25) is 0 Å². The Labute approximate surface area is 66.0 Å². The Morgan fingerprint density at radius 3 is 3.18 bits per heavy atom. The molecule has 0 aromatic heterocycles. The highest BCUT2D eigenvalue weighted by molar-refractivity contribution is 5.49. The second-order valence-corrected chi connectivity index (χ2v) is 2.82. The monoisotopic (exact) mass is 149 g/mol. The SMILES string of the molecule is Nc1ccc2c(c1)OCCC2. The first-order valence-corrected chi connectivity index (χ1v) is 3.87. The first-order valence-electron chi connectivity index (χ1n) is 3.87. The van der Waals surface area contributed by atoms with Crippen molar-refractivity contribution < 1.29 is 4.74 Å². The maximum atomic E-state index is 5.60. The maximum absolute atomic E-state index is 5.60. The summed E-state index contributed by atoms with van der Waals surface area (Å²) in [5.41, 5.74) is 7.67. The van der Waals surface area contributed by atoms with Gasteiger partial charge in [0.25, 0.3) is 0 Å². The van der Waals surface area contributed by atoms with Gasteiger partial charge in [0, 0.05) is 11.8 Å². The van der Waals surface area contributed by atoms with Gasteiger partial charge >= 0.3 is 0 Å².